The second-order valence-electron chi connectivity index (χ2n) is 4.29. The average molecular weight is 290 g/mol. The molecule has 0 saturated carbocycles. The summed E-state index contributed by atoms with van der Waals surface area (Å²) in [5.41, 5.74) is 1.48. The van der Waals surface area contributed by atoms with E-state index in [1.54, 1.807) is 12.1 Å². The normalized spacial score (nSPS) is 12.8. The molecular weight excluding hydrogens is 273 g/mol. The molecule has 112 valence electrons. The first-order valence-corrected chi connectivity index (χ1v) is 6.01. The van der Waals surface area contributed by atoms with Gasteiger partial charge >= 0.3 is 6.18 Å². The number of hydrogen-bond acceptors (Lipinski definition) is 3. The van der Waals surface area contributed by atoms with Gasteiger partial charge in [0.2, 0.25) is 5.91 Å². The first-order valence-electron chi connectivity index (χ1n) is 6.01. The largest absolute Gasteiger partial charge is 0.405 e. The van der Waals surface area contributed by atoms with Crippen molar-refractivity contribution < 1.29 is 22.7 Å². The minimum Gasteiger partial charge on any atom is -0.380 e. The van der Waals surface area contributed by atoms with E-state index in [4.69, 9.17) is 4.74 Å². The van der Waals surface area contributed by atoms with Gasteiger partial charge in [0.05, 0.1) is 6.61 Å². The van der Waals surface area contributed by atoms with Gasteiger partial charge in [0, 0.05) is 18.4 Å². The highest BCUT2D eigenvalue weighted by atomic mass is 19.4. The smallest absolute Gasteiger partial charge is 0.380 e. The fraction of sp³-hybridized carbons (Fsp3) is 0.462. The summed E-state index contributed by atoms with van der Waals surface area (Å²) < 4.78 is 41.1. The molecular formula is C13H17F3N2O2. The highest BCUT2D eigenvalue weighted by molar-refractivity contribution is 5.84. The molecule has 0 aliphatic rings. The van der Waals surface area contributed by atoms with E-state index in [-0.39, 0.29) is 0 Å². The molecule has 0 radical (unpaired) electrons. The summed E-state index contributed by atoms with van der Waals surface area (Å²) in [6.07, 6.45) is -4.41. The zero-order valence-electron chi connectivity index (χ0n) is 11.3. The summed E-state index contributed by atoms with van der Waals surface area (Å²) in [5.74, 6) is -0.713. The molecule has 20 heavy (non-hydrogen) atoms. The number of para-hydroxylation sites is 1. The van der Waals surface area contributed by atoms with Gasteiger partial charge in [-0.25, -0.2) is 0 Å². The molecule has 0 aliphatic carbocycles. The van der Waals surface area contributed by atoms with Gasteiger partial charge in [0.15, 0.2) is 0 Å². The number of benzene rings is 1. The number of rotatable bonds is 6. The van der Waals surface area contributed by atoms with Gasteiger partial charge in [-0.15, -0.1) is 0 Å². The van der Waals surface area contributed by atoms with Crippen LogP contribution in [0.25, 0.3) is 0 Å². The zero-order valence-corrected chi connectivity index (χ0v) is 11.3. The second-order valence-corrected chi connectivity index (χ2v) is 4.29. The van der Waals surface area contributed by atoms with E-state index >= 15 is 0 Å². The molecule has 1 aromatic rings. The van der Waals surface area contributed by atoms with Crippen molar-refractivity contribution in [2.24, 2.45) is 0 Å². The number of hydrogen-bond donors (Lipinski definition) is 2. The van der Waals surface area contributed by atoms with Crippen LogP contribution in [0.15, 0.2) is 24.3 Å². The topological polar surface area (TPSA) is 50.4 Å². The van der Waals surface area contributed by atoms with Crippen LogP contribution < -0.4 is 10.6 Å². The van der Waals surface area contributed by atoms with E-state index in [2.05, 4.69) is 5.32 Å². The summed E-state index contributed by atoms with van der Waals surface area (Å²) in [6.45, 7) is 0.507. The van der Waals surface area contributed by atoms with Gasteiger partial charge in [-0.3, -0.25) is 4.79 Å². The van der Waals surface area contributed by atoms with Crippen molar-refractivity contribution >= 4 is 11.6 Å². The minimum atomic E-state index is -4.41. The molecule has 1 unspecified atom stereocenters. The number of carbonyl (C=O) groups excluding carboxylic acids is 1. The Morgan fingerprint density at radius 1 is 1.35 bits per heavy atom. The van der Waals surface area contributed by atoms with Crippen molar-refractivity contribution in [1.82, 2.24) is 5.32 Å². The minimum absolute atomic E-state index is 0.347. The quantitative estimate of drug-likeness (QED) is 0.845. The van der Waals surface area contributed by atoms with Crippen molar-refractivity contribution in [3.05, 3.63) is 29.8 Å². The molecule has 1 amide bonds. The maximum Gasteiger partial charge on any atom is 0.405 e. The molecule has 0 aromatic heterocycles. The van der Waals surface area contributed by atoms with Crippen LogP contribution in [0.4, 0.5) is 18.9 Å². The van der Waals surface area contributed by atoms with Gasteiger partial charge in [0.25, 0.3) is 0 Å². The standard InChI is InChI=1S/C13H17F3N2O2/c1-9(12(19)17-8-13(14,15)16)18-11-6-4-3-5-10(11)7-20-2/h3-6,9,18H,7-8H2,1-2H3,(H,17,19). The van der Waals surface area contributed by atoms with Crippen molar-refractivity contribution in [1.29, 1.82) is 0 Å². The Kier molecular flexibility index (Phi) is 5.82. The second kappa shape index (κ2) is 7.14. The van der Waals surface area contributed by atoms with E-state index in [0.717, 1.165) is 5.56 Å². The van der Waals surface area contributed by atoms with Gasteiger partial charge in [0.1, 0.15) is 12.6 Å². The first kappa shape index (κ1) is 16.3. The molecule has 7 heteroatoms. The first-order chi connectivity index (χ1) is 9.33. The predicted molar refractivity (Wildman–Crippen MR) is 69.3 cm³/mol. The Labute approximate surface area is 115 Å². The number of nitrogens with one attached hydrogen (secondary N) is 2. The fourth-order valence-electron chi connectivity index (χ4n) is 1.58. The Balaban J connectivity index is 2.61. The fourth-order valence-corrected chi connectivity index (χ4v) is 1.58. The maximum atomic E-state index is 12.0. The molecule has 2 N–H and O–H groups in total. The molecule has 0 spiro atoms. The SMILES string of the molecule is COCc1ccccc1NC(C)C(=O)NCC(F)(F)F. The number of ether oxygens (including phenoxy) is 1. The number of methoxy groups -OCH3 is 1. The molecule has 0 aliphatic heterocycles. The third kappa shape index (κ3) is 5.48. The van der Waals surface area contributed by atoms with Crippen LogP contribution in [0.1, 0.15) is 12.5 Å². The van der Waals surface area contributed by atoms with Crippen LogP contribution in [0.5, 0.6) is 0 Å². The average Bonchev–Trinajstić information content (AvgIpc) is 2.37. The van der Waals surface area contributed by atoms with Gasteiger partial charge in [-0.1, -0.05) is 18.2 Å². The van der Waals surface area contributed by atoms with Crippen LogP contribution in [-0.4, -0.2) is 31.8 Å². The lowest BCUT2D eigenvalue weighted by molar-refractivity contribution is -0.138. The summed E-state index contributed by atoms with van der Waals surface area (Å²) in [4.78, 5) is 11.6. The van der Waals surface area contributed by atoms with Gasteiger partial charge in [-0.05, 0) is 13.0 Å². The number of alkyl halides is 3. The van der Waals surface area contributed by atoms with E-state index in [1.165, 1.54) is 14.0 Å². The highest BCUT2D eigenvalue weighted by Crippen LogP contribution is 2.17. The Bertz CT molecular complexity index is 449. The number of halogens is 3. The summed E-state index contributed by atoms with van der Waals surface area (Å²) >= 11 is 0. The van der Waals surface area contributed by atoms with E-state index in [9.17, 15) is 18.0 Å². The Morgan fingerprint density at radius 2 is 2.00 bits per heavy atom. The summed E-state index contributed by atoms with van der Waals surface area (Å²) in [7, 11) is 1.54. The molecule has 4 nitrogen and oxygen atoms in total. The third-order valence-corrected chi connectivity index (χ3v) is 2.55. The molecule has 0 fully saturated rings. The lowest BCUT2D eigenvalue weighted by atomic mass is 10.1. The zero-order chi connectivity index (χ0) is 15.2. The number of anilines is 1. The number of amides is 1. The maximum absolute atomic E-state index is 12.0. The molecule has 1 aromatic carbocycles. The van der Waals surface area contributed by atoms with Crippen molar-refractivity contribution in [3.8, 4) is 0 Å². The molecule has 0 bridgehead atoms. The summed E-state index contributed by atoms with van der Waals surface area (Å²) in [6, 6.07) is 6.35. The van der Waals surface area contributed by atoms with Gasteiger partial charge < -0.3 is 15.4 Å². The Hall–Kier alpha value is -1.76. The van der Waals surface area contributed by atoms with Crippen LogP contribution in [0.3, 0.4) is 0 Å². The van der Waals surface area contributed by atoms with Crippen molar-refractivity contribution in [2.45, 2.75) is 25.7 Å². The van der Waals surface area contributed by atoms with Crippen LogP contribution >= 0.6 is 0 Å². The molecule has 0 heterocycles. The van der Waals surface area contributed by atoms with Crippen molar-refractivity contribution in [3.63, 3.8) is 0 Å². The Morgan fingerprint density at radius 3 is 2.60 bits per heavy atom. The molecule has 1 rings (SSSR count). The van der Waals surface area contributed by atoms with E-state index in [0.29, 0.717) is 12.3 Å². The van der Waals surface area contributed by atoms with Crippen LogP contribution in [0.2, 0.25) is 0 Å². The lowest BCUT2D eigenvalue weighted by Gasteiger charge is -2.18. The highest BCUT2D eigenvalue weighted by Gasteiger charge is 2.28. The van der Waals surface area contributed by atoms with Crippen LogP contribution in [-0.2, 0) is 16.1 Å². The van der Waals surface area contributed by atoms with Crippen LogP contribution in [0, 0.1) is 0 Å². The van der Waals surface area contributed by atoms with Crippen molar-refractivity contribution in [2.75, 3.05) is 19.0 Å². The van der Waals surface area contributed by atoms with E-state index in [1.807, 2.05) is 17.4 Å². The molecule has 0 saturated heterocycles. The molecule has 1 atom stereocenters. The van der Waals surface area contributed by atoms with E-state index < -0.39 is 24.7 Å². The number of carbonyl (C=O) groups is 1. The lowest BCUT2D eigenvalue weighted by Crippen LogP contribution is -2.42. The van der Waals surface area contributed by atoms with Gasteiger partial charge in [-0.2, -0.15) is 13.2 Å². The third-order valence-electron chi connectivity index (χ3n) is 2.55. The monoisotopic (exact) mass is 290 g/mol. The predicted octanol–water partition coefficient (Wildman–Crippen LogP) is 2.31. The summed E-state index contributed by atoms with van der Waals surface area (Å²) in [5, 5.41) is 4.71.